The molecule has 0 aromatic carbocycles. The van der Waals surface area contributed by atoms with E-state index in [9.17, 15) is 0 Å². The number of hydrogen-bond acceptors (Lipinski definition) is 0. The molecule has 0 heterocycles. The fourth-order valence-corrected chi connectivity index (χ4v) is 1.14. The van der Waals surface area contributed by atoms with Crippen LogP contribution >= 0.6 is 15.9 Å². The van der Waals surface area contributed by atoms with Gasteiger partial charge in [-0.25, -0.2) is 0 Å². The summed E-state index contributed by atoms with van der Waals surface area (Å²) in [5, 5.41) is 0. The molecule has 0 spiro atoms. The molecule has 0 nitrogen and oxygen atoms in total. The van der Waals surface area contributed by atoms with Crippen LogP contribution in [-0.4, -0.2) is 4.83 Å². The lowest BCUT2D eigenvalue weighted by Crippen LogP contribution is -2.19. The van der Waals surface area contributed by atoms with Crippen LogP contribution in [0.2, 0.25) is 0 Å². The van der Waals surface area contributed by atoms with Gasteiger partial charge in [-0.15, -0.1) is 0 Å². The zero-order valence-corrected chi connectivity index (χ0v) is 8.46. The summed E-state index contributed by atoms with van der Waals surface area (Å²) >= 11 is 3.66. The van der Waals surface area contributed by atoms with E-state index in [0.717, 1.165) is 0 Å². The maximum absolute atomic E-state index is 3.66. The quantitative estimate of drug-likeness (QED) is 0.588. The first-order chi connectivity index (χ1) is 3.98. The maximum Gasteiger partial charge on any atom is 0.0194 e. The highest BCUT2D eigenvalue weighted by Gasteiger charge is 2.19. The molecule has 1 unspecified atom stereocenters. The van der Waals surface area contributed by atoms with Crippen LogP contribution in [0.5, 0.6) is 0 Å². The minimum absolute atomic E-state index is 0.427. The fraction of sp³-hybridized carbons (Fsp3) is 1.00. The Morgan fingerprint density at radius 1 is 1.33 bits per heavy atom. The Balaban J connectivity index is 3.59. The van der Waals surface area contributed by atoms with Crippen molar-refractivity contribution in [1.29, 1.82) is 0 Å². The molecule has 1 atom stereocenters. The van der Waals surface area contributed by atoms with Crippen molar-refractivity contribution in [3.05, 3.63) is 0 Å². The third-order valence-corrected chi connectivity index (χ3v) is 3.31. The number of rotatable bonds is 2. The molecule has 0 N–H and O–H groups in total. The van der Waals surface area contributed by atoms with Gasteiger partial charge in [-0.3, -0.25) is 0 Å². The standard InChI is InChI=1S/C8H17Br/c1-5-6-7(9)8(2,3)4/h7H,5-6H2,1-4H3. The Morgan fingerprint density at radius 2 is 1.78 bits per heavy atom. The van der Waals surface area contributed by atoms with Crippen molar-refractivity contribution >= 4 is 15.9 Å². The van der Waals surface area contributed by atoms with Crippen LogP contribution in [-0.2, 0) is 0 Å². The van der Waals surface area contributed by atoms with E-state index in [1.165, 1.54) is 12.8 Å². The molecule has 1 heteroatoms. The van der Waals surface area contributed by atoms with Crippen LogP contribution in [0.4, 0.5) is 0 Å². The van der Waals surface area contributed by atoms with Crippen molar-refractivity contribution < 1.29 is 0 Å². The van der Waals surface area contributed by atoms with E-state index in [1.807, 2.05) is 0 Å². The molecule has 0 fully saturated rings. The molecule has 0 amide bonds. The van der Waals surface area contributed by atoms with Crippen molar-refractivity contribution in [2.24, 2.45) is 5.41 Å². The largest absolute Gasteiger partial charge is 0.0885 e. The number of halogens is 1. The van der Waals surface area contributed by atoms with Gasteiger partial charge < -0.3 is 0 Å². The SMILES string of the molecule is CCCC(Br)C(C)(C)C. The van der Waals surface area contributed by atoms with Gasteiger partial charge in [0.2, 0.25) is 0 Å². The lowest BCUT2D eigenvalue weighted by Gasteiger charge is -2.24. The molecule has 0 aliphatic carbocycles. The van der Waals surface area contributed by atoms with Gasteiger partial charge in [0.05, 0.1) is 0 Å². The fourth-order valence-electron chi connectivity index (χ4n) is 0.686. The summed E-state index contributed by atoms with van der Waals surface area (Å²) in [5.74, 6) is 0. The number of alkyl halides is 1. The molecule has 9 heavy (non-hydrogen) atoms. The average molecular weight is 193 g/mol. The zero-order valence-electron chi connectivity index (χ0n) is 6.87. The Labute approximate surface area is 67.2 Å². The van der Waals surface area contributed by atoms with Crippen molar-refractivity contribution in [2.75, 3.05) is 0 Å². The third-order valence-electron chi connectivity index (χ3n) is 1.48. The molecule has 0 aromatic rings. The smallest absolute Gasteiger partial charge is 0.0194 e. The summed E-state index contributed by atoms with van der Waals surface area (Å²) in [6, 6.07) is 0. The Bertz CT molecular complexity index is 71.1. The topological polar surface area (TPSA) is 0 Å². The van der Waals surface area contributed by atoms with Gasteiger partial charge in [-0.05, 0) is 11.8 Å². The summed E-state index contributed by atoms with van der Waals surface area (Å²) in [6.07, 6.45) is 2.55. The van der Waals surface area contributed by atoms with E-state index in [-0.39, 0.29) is 0 Å². The molecule has 0 rings (SSSR count). The Hall–Kier alpha value is 0.480. The summed E-state index contributed by atoms with van der Waals surface area (Å²) < 4.78 is 0. The maximum atomic E-state index is 3.66. The van der Waals surface area contributed by atoms with Gasteiger partial charge in [0, 0.05) is 4.83 Å². The zero-order chi connectivity index (χ0) is 7.49. The second-order valence-corrected chi connectivity index (χ2v) is 4.73. The highest BCUT2D eigenvalue weighted by molar-refractivity contribution is 9.09. The van der Waals surface area contributed by atoms with E-state index in [1.54, 1.807) is 0 Å². The highest BCUT2D eigenvalue weighted by Crippen LogP contribution is 2.29. The lowest BCUT2D eigenvalue weighted by molar-refractivity contribution is 0.384. The molecule has 0 saturated carbocycles. The number of hydrogen-bond donors (Lipinski definition) is 0. The van der Waals surface area contributed by atoms with Crippen molar-refractivity contribution in [3.63, 3.8) is 0 Å². The Kier molecular flexibility index (Phi) is 3.79. The Morgan fingerprint density at radius 3 is 1.89 bits per heavy atom. The molecular weight excluding hydrogens is 176 g/mol. The van der Waals surface area contributed by atoms with Crippen molar-refractivity contribution in [3.8, 4) is 0 Å². The van der Waals surface area contributed by atoms with E-state index in [2.05, 4.69) is 43.6 Å². The highest BCUT2D eigenvalue weighted by atomic mass is 79.9. The predicted molar refractivity (Wildman–Crippen MR) is 47.1 cm³/mol. The van der Waals surface area contributed by atoms with Crippen LogP contribution in [0, 0.1) is 5.41 Å². The van der Waals surface area contributed by atoms with Gasteiger partial charge >= 0.3 is 0 Å². The van der Waals surface area contributed by atoms with Gasteiger partial charge in [0.1, 0.15) is 0 Å². The minimum atomic E-state index is 0.427. The second-order valence-electron chi connectivity index (χ2n) is 3.62. The molecule has 0 aliphatic heterocycles. The van der Waals surface area contributed by atoms with Crippen LogP contribution in [0.15, 0.2) is 0 Å². The molecule has 56 valence electrons. The minimum Gasteiger partial charge on any atom is -0.0885 e. The van der Waals surface area contributed by atoms with Crippen LogP contribution in [0.1, 0.15) is 40.5 Å². The predicted octanol–water partition coefficient (Wildman–Crippen LogP) is 3.60. The molecule has 0 aliphatic rings. The summed E-state index contributed by atoms with van der Waals surface area (Å²) in [5.41, 5.74) is 0.427. The van der Waals surface area contributed by atoms with Crippen LogP contribution in [0.25, 0.3) is 0 Å². The molecule has 0 aromatic heterocycles. The molecule has 0 bridgehead atoms. The molecule has 0 saturated heterocycles. The van der Waals surface area contributed by atoms with E-state index in [4.69, 9.17) is 0 Å². The van der Waals surface area contributed by atoms with Crippen LogP contribution in [0.3, 0.4) is 0 Å². The lowest BCUT2D eigenvalue weighted by atomic mass is 9.90. The van der Waals surface area contributed by atoms with Gasteiger partial charge in [0.25, 0.3) is 0 Å². The molecule has 0 radical (unpaired) electrons. The summed E-state index contributed by atoms with van der Waals surface area (Å²) in [6.45, 7) is 9.02. The van der Waals surface area contributed by atoms with E-state index < -0.39 is 0 Å². The van der Waals surface area contributed by atoms with E-state index in [0.29, 0.717) is 10.2 Å². The normalized spacial score (nSPS) is 15.7. The summed E-state index contributed by atoms with van der Waals surface area (Å²) in [4.78, 5) is 0.676. The van der Waals surface area contributed by atoms with Gasteiger partial charge in [-0.2, -0.15) is 0 Å². The van der Waals surface area contributed by atoms with Crippen LogP contribution < -0.4 is 0 Å². The summed E-state index contributed by atoms with van der Waals surface area (Å²) in [7, 11) is 0. The van der Waals surface area contributed by atoms with Gasteiger partial charge in [0.15, 0.2) is 0 Å². The van der Waals surface area contributed by atoms with Gasteiger partial charge in [-0.1, -0.05) is 50.0 Å². The first-order valence-electron chi connectivity index (χ1n) is 3.62. The van der Waals surface area contributed by atoms with Crippen molar-refractivity contribution in [2.45, 2.75) is 45.4 Å². The average Bonchev–Trinajstić information content (AvgIpc) is 1.64. The monoisotopic (exact) mass is 192 g/mol. The second kappa shape index (κ2) is 3.60. The third kappa shape index (κ3) is 3.96. The molecular formula is C8H17Br. The van der Waals surface area contributed by atoms with E-state index >= 15 is 0 Å². The first kappa shape index (κ1) is 9.48. The first-order valence-corrected chi connectivity index (χ1v) is 4.54. The van der Waals surface area contributed by atoms with Crippen molar-refractivity contribution in [1.82, 2.24) is 0 Å².